The van der Waals surface area contributed by atoms with Crippen molar-refractivity contribution >= 4 is 71.6 Å². The normalized spacial score (nSPS) is 11.6. The van der Waals surface area contributed by atoms with Crippen molar-refractivity contribution in [3.63, 3.8) is 0 Å². The first-order chi connectivity index (χ1) is 33.2. The van der Waals surface area contributed by atoms with Crippen molar-refractivity contribution in [2.45, 2.75) is 0 Å². The maximum absolute atomic E-state index is 6.59. The quantitative estimate of drug-likeness (QED) is 0.152. The largest absolute Gasteiger partial charge is 0.455 e. The molecule has 314 valence electrons. The standard InChI is InChI=1S/C64H42N2O/c1-3-17-44(18-4-1)51-28-14-19-45-20-15-30-57(63(45)51)54-26-8-10-32-59(54)65(50-24-13-21-47(41-50)52-29-16-31-58-56-27-9-12-34-62(56)67-64(52)58)49-38-35-43(36-39-49)46-37-40-55-53-25-7-11-33-60(53)66(61(55)42-46)48-22-5-2-6-23-48/h1-42H. The molecule has 0 saturated heterocycles. The summed E-state index contributed by atoms with van der Waals surface area (Å²) in [5.74, 6) is 0. The first-order valence-corrected chi connectivity index (χ1v) is 22.9. The van der Waals surface area contributed by atoms with Crippen molar-refractivity contribution in [3.05, 3.63) is 255 Å². The molecular formula is C64H42N2O. The van der Waals surface area contributed by atoms with Gasteiger partial charge < -0.3 is 13.9 Å². The van der Waals surface area contributed by atoms with E-state index < -0.39 is 0 Å². The molecule has 0 aliphatic rings. The smallest absolute Gasteiger partial charge is 0.143 e. The fourth-order valence-electron chi connectivity index (χ4n) is 10.3. The van der Waals surface area contributed by atoms with Crippen LogP contribution in [-0.2, 0) is 0 Å². The fourth-order valence-corrected chi connectivity index (χ4v) is 10.3. The number of benzene rings is 11. The first-order valence-electron chi connectivity index (χ1n) is 22.9. The van der Waals surface area contributed by atoms with E-state index in [1.54, 1.807) is 0 Å². The molecule has 0 atom stereocenters. The Kier molecular flexibility index (Phi) is 9.17. The second kappa shape index (κ2) is 16.0. The highest BCUT2D eigenvalue weighted by atomic mass is 16.3. The van der Waals surface area contributed by atoms with Crippen LogP contribution in [0.4, 0.5) is 17.1 Å². The molecule has 0 unspecified atom stereocenters. The predicted molar refractivity (Wildman–Crippen MR) is 282 cm³/mol. The monoisotopic (exact) mass is 854 g/mol. The average molecular weight is 855 g/mol. The van der Waals surface area contributed by atoms with E-state index in [1.165, 1.54) is 49.3 Å². The van der Waals surface area contributed by atoms with E-state index in [2.05, 4.69) is 258 Å². The van der Waals surface area contributed by atoms with Gasteiger partial charge in [0.25, 0.3) is 0 Å². The van der Waals surface area contributed by atoms with Gasteiger partial charge in [0.15, 0.2) is 0 Å². The third-order valence-electron chi connectivity index (χ3n) is 13.4. The molecule has 2 heterocycles. The molecule has 0 spiro atoms. The summed E-state index contributed by atoms with van der Waals surface area (Å²) in [6.45, 7) is 0. The molecule has 0 radical (unpaired) electrons. The minimum absolute atomic E-state index is 0.891. The van der Waals surface area contributed by atoms with Gasteiger partial charge in [-0.15, -0.1) is 0 Å². The Morgan fingerprint density at radius 1 is 0.328 bits per heavy atom. The van der Waals surface area contributed by atoms with Crippen LogP contribution in [-0.4, -0.2) is 4.57 Å². The van der Waals surface area contributed by atoms with Gasteiger partial charge in [-0.25, -0.2) is 0 Å². The SMILES string of the molecule is c1ccc(-c2cccc3cccc(-c4ccccc4N(c4ccc(-c5ccc6c7ccccc7n(-c7ccccc7)c6c5)cc4)c4cccc(-c5cccc6c5oc5ccccc56)c4)c23)cc1. The lowest BCUT2D eigenvalue weighted by Gasteiger charge is -2.29. The van der Waals surface area contributed by atoms with Crippen LogP contribution in [0.5, 0.6) is 0 Å². The summed E-state index contributed by atoms with van der Waals surface area (Å²) in [5.41, 5.74) is 17.7. The number of hydrogen-bond donors (Lipinski definition) is 0. The Labute approximate surface area is 388 Å². The minimum Gasteiger partial charge on any atom is -0.455 e. The predicted octanol–water partition coefficient (Wildman–Crippen LogP) is 18.0. The highest BCUT2D eigenvalue weighted by molar-refractivity contribution is 6.12. The van der Waals surface area contributed by atoms with Crippen molar-refractivity contribution in [2.75, 3.05) is 4.90 Å². The topological polar surface area (TPSA) is 21.3 Å². The van der Waals surface area contributed by atoms with Crippen molar-refractivity contribution < 1.29 is 4.42 Å². The van der Waals surface area contributed by atoms with Crippen molar-refractivity contribution in [1.82, 2.24) is 4.57 Å². The van der Waals surface area contributed by atoms with Gasteiger partial charge >= 0.3 is 0 Å². The van der Waals surface area contributed by atoms with Crippen LogP contribution in [0.3, 0.4) is 0 Å². The minimum atomic E-state index is 0.891. The molecule has 3 heteroatoms. The molecule has 0 bridgehead atoms. The maximum Gasteiger partial charge on any atom is 0.143 e. The zero-order valence-electron chi connectivity index (χ0n) is 36.6. The molecule has 67 heavy (non-hydrogen) atoms. The lowest BCUT2D eigenvalue weighted by atomic mass is 9.90. The van der Waals surface area contributed by atoms with E-state index in [0.717, 1.165) is 72.5 Å². The third kappa shape index (κ3) is 6.51. The molecule has 0 aliphatic carbocycles. The number of para-hydroxylation sites is 5. The number of nitrogens with zero attached hydrogens (tertiary/aromatic N) is 2. The van der Waals surface area contributed by atoms with Gasteiger partial charge in [0, 0.05) is 49.7 Å². The van der Waals surface area contributed by atoms with Crippen molar-refractivity contribution in [3.8, 4) is 50.2 Å². The Morgan fingerprint density at radius 2 is 0.940 bits per heavy atom. The summed E-state index contributed by atoms with van der Waals surface area (Å²) in [6, 6.07) is 91.9. The molecule has 0 fully saturated rings. The second-order valence-corrected chi connectivity index (χ2v) is 17.2. The summed E-state index contributed by atoms with van der Waals surface area (Å²) in [7, 11) is 0. The fraction of sp³-hybridized carbons (Fsp3) is 0. The Bertz CT molecular complexity index is 3970. The Hall–Kier alpha value is -8.92. The number of furan rings is 1. The molecule has 0 aliphatic heterocycles. The molecular weight excluding hydrogens is 813 g/mol. The number of anilines is 3. The van der Waals surface area contributed by atoms with Gasteiger partial charge in [0.05, 0.1) is 16.7 Å². The molecule has 0 amide bonds. The van der Waals surface area contributed by atoms with Crippen LogP contribution in [0.25, 0.3) is 105 Å². The molecule has 13 aromatic rings. The van der Waals surface area contributed by atoms with E-state index >= 15 is 0 Å². The van der Waals surface area contributed by atoms with Crippen LogP contribution in [0.1, 0.15) is 0 Å². The van der Waals surface area contributed by atoms with Crippen LogP contribution in [0.2, 0.25) is 0 Å². The third-order valence-corrected chi connectivity index (χ3v) is 13.4. The lowest BCUT2D eigenvalue weighted by Crippen LogP contribution is -2.11. The zero-order chi connectivity index (χ0) is 44.3. The molecule has 11 aromatic carbocycles. The highest BCUT2D eigenvalue weighted by Gasteiger charge is 2.22. The molecule has 0 saturated carbocycles. The van der Waals surface area contributed by atoms with E-state index in [4.69, 9.17) is 4.42 Å². The van der Waals surface area contributed by atoms with Crippen LogP contribution >= 0.6 is 0 Å². The Balaban J connectivity index is 0.992. The van der Waals surface area contributed by atoms with Gasteiger partial charge in [-0.3, -0.25) is 0 Å². The molecule has 0 N–H and O–H groups in total. The average Bonchev–Trinajstić information content (AvgIpc) is 3.95. The van der Waals surface area contributed by atoms with Crippen LogP contribution < -0.4 is 4.90 Å². The van der Waals surface area contributed by atoms with E-state index in [9.17, 15) is 0 Å². The summed E-state index contributed by atoms with van der Waals surface area (Å²) in [6.07, 6.45) is 0. The summed E-state index contributed by atoms with van der Waals surface area (Å²) in [5, 5.41) is 7.16. The molecule has 13 rings (SSSR count). The number of aromatic nitrogens is 1. The number of fused-ring (bicyclic) bond motifs is 7. The van der Waals surface area contributed by atoms with E-state index in [1.807, 2.05) is 6.07 Å². The second-order valence-electron chi connectivity index (χ2n) is 17.2. The van der Waals surface area contributed by atoms with Crippen molar-refractivity contribution in [2.24, 2.45) is 0 Å². The van der Waals surface area contributed by atoms with Gasteiger partial charge in [0.1, 0.15) is 11.2 Å². The molecule has 3 nitrogen and oxygen atoms in total. The zero-order valence-corrected chi connectivity index (χ0v) is 36.6. The van der Waals surface area contributed by atoms with Gasteiger partial charge in [-0.05, 0) is 105 Å². The van der Waals surface area contributed by atoms with E-state index in [0.29, 0.717) is 0 Å². The lowest BCUT2D eigenvalue weighted by molar-refractivity contribution is 0.670. The van der Waals surface area contributed by atoms with Gasteiger partial charge in [-0.1, -0.05) is 194 Å². The summed E-state index contributed by atoms with van der Waals surface area (Å²) < 4.78 is 8.97. The maximum atomic E-state index is 6.59. The van der Waals surface area contributed by atoms with Crippen LogP contribution in [0, 0.1) is 0 Å². The Morgan fingerprint density at radius 3 is 1.79 bits per heavy atom. The van der Waals surface area contributed by atoms with Gasteiger partial charge in [0.2, 0.25) is 0 Å². The summed E-state index contributed by atoms with van der Waals surface area (Å²) in [4.78, 5) is 2.42. The van der Waals surface area contributed by atoms with Gasteiger partial charge in [-0.2, -0.15) is 0 Å². The number of hydrogen-bond acceptors (Lipinski definition) is 2. The molecule has 2 aromatic heterocycles. The first kappa shape index (κ1) is 38.5. The summed E-state index contributed by atoms with van der Waals surface area (Å²) >= 11 is 0. The van der Waals surface area contributed by atoms with Crippen molar-refractivity contribution in [1.29, 1.82) is 0 Å². The number of rotatable bonds is 8. The highest BCUT2D eigenvalue weighted by Crippen LogP contribution is 2.46. The van der Waals surface area contributed by atoms with E-state index in [-0.39, 0.29) is 0 Å². The van der Waals surface area contributed by atoms with Crippen LogP contribution in [0.15, 0.2) is 259 Å².